The van der Waals surface area contributed by atoms with Crippen LogP contribution in [0.15, 0.2) is 41.6 Å². The van der Waals surface area contributed by atoms with Crippen molar-refractivity contribution < 1.29 is 33.4 Å². The van der Waals surface area contributed by atoms with Gasteiger partial charge < -0.3 is 19.5 Å². The van der Waals surface area contributed by atoms with Gasteiger partial charge in [0.2, 0.25) is 12.2 Å². The first-order chi connectivity index (χ1) is 14.8. The van der Waals surface area contributed by atoms with Gasteiger partial charge in [-0.25, -0.2) is 9.59 Å². The number of β-lactam (4-membered cyclic amide) rings is 1. The van der Waals surface area contributed by atoms with Crippen LogP contribution in [-0.4, -0.2) is 58.9 Å². The minimum absolute atomic E-state index is 0.113. The third-order valence-corrected chi connectivity index (χ3v) is 6.10. The summed E-state index contributed by atoms with van der Waals surface area (Å²) < 4.78 is 14.6. The molecule has 3 rings (SSSR count). The van der Waals surface area contributed by atoms with Crippen LogP contribution >= 0.6 is 11.8 Å². The Morgan fingerprint density at radius 3 is 2.61 bits per heavy atom. The zero-order valence-electron chi connectivity index (χ0n) is 17.5. The molecule has 10 heteroatoms. The van der Waals surface area contributed by atoms with E-state index in [9.17, 15) is 19.2 Å². The number of carbonyl (C=O) groups excluding carboxylic acids is 4. The average molecular weight is 448 g/mol. The Bertz CT molecular complexity index is 902. The van der Waals surface area contributed by atoms with Gasteiger partial charge in [0.25, 0.3) is 5.91 Å². The molecule has 9 nitrogen and oxygen atoms in total. The molecule has 2 unspecified atom stereocenters. The fourth-order valence-corrected chi connectivity index (χ4v) is 4.58. The summed E-state index contributed by atoms with van der Waals surface area (Å²) in [5.41, 5.74) is 1.62. The van der Waals surface area contributed by atoms with Gasteiger partial charge in [-0.3, -0.25) is 14.5 Å². The first-order valence-electron chi connectivity index (χ1n) is 9.84. The number of hydrogen-bond acceptors (Lipinski definition) is 8. The smallest absolute Gasteiger partial charge is 0.435 e. The highest BCUT2D eigenvalue weighted by atomic mass is 32.2. The van der Waals surface area contributed by atoms with Gasteiger partial charge in [0.05, 0.1) is 13.0 Å². The minimum Gasteiger partial charge on any atom is -0.435 e. The Balaban J connectivity index is 1.61. The van der Waals surface area contributed by atoms with E-state index in [0.717, 1.165) is 5.56 Å². The molecule has 31 heavy (non-hydrogen) atoms. The number of nitrogens with zero attached hydrogens (tertiary/aromatic N) is 1. The topological polar surface area (TPSA) is 111 Å². The molecule has 0 aromatic heterocycles. The first-order valence-corrected chi connectivity index (χ1v) is 10.9. The molecule has 2 amide bonds. The normalized spacial score (nSPS) is 20.9. The van der Waals surface area contributed by atoms with Gasteiger partial charge in [0.1, 0.15) is 17.1 Å². The monoisotopic (exact) mass is 448 g/mol. The molecule has 2 aliphatic rings. The summed E-state index contributed by atoms with van der Waals surface area (Å²) in [7, 11) is 0. The van der Waals surface area contributed by atoms with Gasteiger partial charge >= 0.3 is 12.1 Å². The Labute approximate surface area is 184 Å². The second-order valence-corrected chi connectivity index (χ2v) is 8.13. The summed E-state index contributed by atoms with van der Waals surface area (Å²) in [5.74, 6) is -0.931. The van der Waals surface area contributed by atoms with Crippen LogP contribution in [0.2, 0.25) is 0 Å². The molecule has 1 N–H and O–H groups in total. The number of esters is 1. The minimum atomic E-state index is -1.18. The van der Waals surface area contributed by atoms with Gasteiger partial charge in [-0.2, -0.15) is 0 Å². The van der Waals surface area contributed by atoms with Crippen molar-refractivity contribution in [1.82, 2.24) is 10.2 Å². The van der Waals surface area contributed by atoms with Crippen molar-refractivity contribution in [1.29, 1.82) is 0 Å². The van der Waals surface area contributed by atoms with E-state index in [4.69, 9.17) is 9.47 Å². The quantitative estimate of drug-likeness (QED) is 0.383. The van der Waals surface area contributed by atoms with Crippen molar-refractivity contribution in [3.8, 4) is 0 Å². The van der Waals surface area contributed by atoms with Crippen molar-refractivity contribution >= 4 is 35.7 Å². The van der Waals surface area contributed by atoms with Crippen LogP contribution in [0, 0.1) is 0 Å². The van der Waals surface area contributed by atoms with E-state index in [0.29, 0.717) is 11.3 Å². The molecule has 0 saturated carbocycles. The highest BCUT2D eigenvalue weighted by Gasteiger charge is 2.54. The first kappa shape index (κ1) is 22.7. The SMILES string of the molecule is CCOC(=O)OC(C)OC(=O)C1=C(C)CS[C@@H]2C(NC(=O)Cc3ccccc3)C(=O)N12. The van der Waals surface area contributed by atoms with Gasteiger partial charge in [0.15, 0.2) is 0 Å². The Kier molecular flexibility index (Phi) is 7.21. The van der Waals surface area contributed by atoms with Crippen LogP contribution in [-0.2, 0) is 35.0 Å². The van der Waals surface area contributed by atoms with E-state index in [2.05, 4.69) is 10.1 Å². The molecule has 1 saturated heterocycles. The molecule has 0 aliphatic carbocycles. The maximum atomic E-state index is 12.7. The average Bonchev–Trinajstić information content (AvgIpc) is 2.72. The molecule has 0 bridgehead atoms. The lowest BCUT2D eigenvalue weighted by atomic mass is 10.0. The van der Waals surface area contributed by atoms with Gasteiger partial charge in [0, 0.05) is 12.7 Å². The fraction of sp³-hybridized carbons (Fsp3) is 0.429. The molecule has 3 atom stereocenters. The predicted octanol–water partition coefficient (Wildman–Crippen LogP) is 1.97. The summed E-state index contributed by atoms with van der Waals surface area (Å²) in [6.45, 7) is 4.86. The number of hydrogen-bond donors (Lipinski definition) is 1. The molecular formula is C21H24N2O7S. The lowest BCUT2D eigenvalue weighted by Gasteiger charge is -2.49. The highest BCUT2D eigenvalue weighted by molar-refractivity contribution is 8.00. The largest absolute Gasteiger partial charge is 0.511 e. The Hall–Kier alpha value is -3.01. The van der Waals surface area contributed by atoms with Gasteiger partial charge in [-0.1, -0.05) is 30.3 Å². The van der Waals surface area contributed by atoms with Crippen LogP contribution in [0.1, 0.15) is 26.3 Å². The zero-order valence-corrected chi connectivity index (χ0v) is 18.3. The third-order valence-electron chi connectivity index (χ3n) is 4.67. The van der Waals surface area contributed by atoms with Crippen LogP contribution in [0.5, 0.6) is 0 Å². The highest BCUT2D eigenvalue weighted by Crippen LogP contribution is 2.40. The summed E-state index contributed by atoms with van der Waals surface area (Å²) in [4.78, 5) is 50.5. The molecule has 0 radical (unpaired) electrons. The van der Waals surface area contributed by atoms with Crippen molar-refractivity contribution in [3.05, 3.63) is 47.2 Å². The Morgan fingerprint density at radius 1 is 1.23 bits per heavy atom. The van der Waals surface area contributed by atoms with Crippen molar-refractivity contribution in [2.45, 2.75) is 44.9 Å². The number of nitrogens with one attached hydrogen (secondary N) is 1. The molecule has 1 aromatic rings. The van der Waals surface area contributed by atoms with Crippen LogP contribution in [0.4, 0.5) is 4.79 Å². The van der Waals surface area contributed by atoms with Crippen molar-refractivity contribution in [2.75, 3.05) is 12.4 Å². The number of fused-ring (bicyclic) bond motifs is 1. The van der Waals surface area contributed by atoms with E-state index in [1.54, 1.807) is 13.8 Å². The van der Waals surface area contributed by atoms with E-state index < -0.39 is 29.8 Å². The van der Waals surface area contributed by atoms with E-state index in [-0.39, 0.29) is 30.5 Å². The molecule has 2 aliphatic heterocycles. The van der Waals surface area contributed by atoms with Crippen molar-refractivity contribution in [2.24, 2.45) is 0 Å². The van der Waals surface area contributed by atoms with Crippen LogP contribution in [0.3, 0.4) is 0 Å². The summed E-state index contributed by atoms with van der Waals surface area (Å²) >= 11 is 1.46. The van der Waals surface area contributed by atoms with E-state index in [1.807, 2.05) is 30.3 Å². The maximum Gasteiger partial charge on any atom is 0.511 e. The zero-order chi connectivity index (χ0) is 22.5. The van der Waals surface area contributed by atoms with Gasteiger partial charge in [-0.05, 0) is 25.0 Å². The molecular weight excluding hydrogens is 424 g/mol. The number of amides is 2. The Morgan fingerprint density at radius 2 is 1.94 bits per heavy atom. The lowest BCUT2D eigenvalue weighted by molar-refractivity contribution is -0.169. The molecule has 166 valence electrons. The van der Waals surface area contributed by atoms with Crippen LogP contribution in [0.25, 0.3) is 0 Å². The second kappa shape index (κ2) is 9.86. The summed E-state index contributed by atoms with van der Waals surface area (Å²) in [5, 5.41) is 2.35. The number of rotatable bonds is 7. The molecule has 2 heterocycles. The van der Waals surface area contributed by atoms with E-state index >= 15 is 0 Å². The second-order valence-electron chi connectivity index (χ2n) is 7.02. The summed E-state index contributed by atoms with van der Waals surface area (Å²) in [6, 6.07) is 8.50. The molecule has 0 spiro atoms. The van der Waals surface area contributed by atoms with E-state index in [1.165, 1.54) is 23.6 Å². The summed E-state index contributed by atoms with van der Waals surface area (Å²) in [6.07, 6.45) is -1.97. The number of ether oxygens (including phenoxy) is 3. The predicted molar refractivity (Wildman–Crippen MR) is 112 cm³/mol. The number of benzene rings is 1. The standard InChI is InChI=1S/C21H24N2O7S/c1-4-28-21(27)30-13(3)29-20(26)17-12(2)11-31-19-16(18(25)23(17)19)22-15(24)10-14-8-6-5-7-9-14/h5-9,13,16,19H,4,10-11H2,1-3H3,(H,22,24)/t13?,16?,19-/m1/s1. The molecule has 1 fully saturated rings. The fourth-order valence-electron chi connectivity index (χ4n) is 3.29. The maximum absolute atomic E-state index is 12.7. The van der Waals surface area contributed by atoms with Crippen LogP contribution < -0.4 is 5.32 Å². The molecule has 1 aromatic carbocycles. The lowest BCUT2D eigenvalue weighted by Crippen LogP contribution is -2.70. The van der Waals surface area contributed by atoms with Gasteiger partial charge in [-0.15, -0.1) is 11.8 Å². The third kappa shape index (κ3) is 5.19. The van der Waals surface area contributed by atoms with Crippen molar-refractivity contribution in [3.63, 3.8) is 0 Å². The number of thioether (sulfide) groups is 1. The number of carbonyl (C=O) groups is 4.